The molecule has 0 spiro atoms. The van der Waals surface area contributed by atoms with Gasteiger partial charge in [0.15, 0.2) is 0 Å². The molecule has 0 aliphatic rings. The number of hydrazone groups is 1. The number of carbonyl (C=O) groups is 2. The number of nitrogens with one attached hydrogen (secondary N) is 2. The molecule has 0 aliphatic heterocycles. The summed E-state index contributed by atoms with van der Waals surface area (Å²) in [5.41, 5.74) is 4.51. The molecule has 0 fully saturated rings. The number of amides is 2. The lowest BCUT2D eigenvalue weighted by Gasteiger charge is -2.03. The van der Waals surface area contributed by atoms with E-state index in [1.807, 2.05) is 42.5 Å². The Labute approximate surface area is 145 Å². The molecule has 0 aromatic heterocycles. The van der Waals surface area contributed by atoms with E-state index in [0.717, 1.165) is 16.3 Å². The van der Waals surface area contributed by atoms with Crippen molar-refractivity contribution in [3.8, 4) is 0 Å². The van der Waals surface area contributed by atoms with Gasteiger partial charge in [-0.25, -0.2) is 5.43 Å². The van der Waals surface area contributed by atoms with E-state index in [1.165, 1.54) is 6.92 Å². The summed E-state index contributed by atoms with van der Waals surface area (Å²) in [6, 6.07) is 20.6. The lowest BCUT2D eigenvalue weighted by atomic mass is 10.1. The Hall–Kier alpha value is -3.47. The van der Waals surface area contributed by atoms with E-state index < -0.39 is 0 Å². The number of nitrogens with zero attached hydrogens (tertiary/aromatic N) is 1. The molecule has 3 rings (SSSR count). The van der Waals surface area contributed by atoms with Crippen LogP contribution in [0.5, 0.6) is 0 Å². The average Bonchev–Trinajstić information content (AvgIpc) is 2.61. The Morgan fingerprint density at radius 1 is 0.920 bits per heavy atom. The maximum absolute atomic E-state index is 12.1. The molecule has 5 nitrogen and oxygen atoms in total. The molecule has 5 heteroatoms. The second kappa shape index (κ2) is 7.40. The quantitative estimate of drug-likeness (QED) is 0.567. The molecule has 3 aromatic rings. The van der Waals surface area contributed by atoms with Gasteiger partial charge in [-0.15, -0.1) is 0 Å². The molecular formula is C20H17N3O2. The molecule has 3 aromatic carbocycles. The van der Waals surface area contributed by atoms with Crippen LogP contribution in [0.1, 0.15) is 22.8 Å². The Morgan fingerprint density at radius 2 is 1.64 bits per heavy atom. The second-order valence-corrected chi connectivity index (χ2v) is 5.56. The third-order valence-electron chi connectivity index (χ3n) is 3.62. The van der Waals surface area contributed by atoms with Crippen molar-refractivity contribution in [1.82, 2.24) is 5.43 Å². The van der Waals surface area contributed by atoms with Crippen molar-refractivity contribution in [2.24, 2.45) is 5.10 Å². The van der Waals surface area contributed by atoms with Crippen molar-refractivity contribution >= 4 is 34.5 Å². The van der Waals surface area contributed by atoms with Gasteiger partial charge >= 0.3 is 0 Å². The zero-order chi connectivity index (χ0) is 17.6. The van der Waals surface area contributed by atoms with Crippen LogP contribution in [0.2, 0.25) is 0 Å². The highest BCUT2D eigenvalue weighted by atomic mass is 16.2. The molecule has 0 heterocycles. The zero-order valence-corrected chi connectivity index (χ0v) is 13.7. The predicted molar refractivity (Wildman–Crippen MR) is 99.8 cm³/mol. The first kappa shape index (κ1) is 16.4. The van der Waals surface area contributed by atoms with E-state index in [2.05, 4.69) is 15.8 Å². The molecule has 0 atom stereocenters. The molecule has 0 saturated carbocycles. The van der Waals surface area contributed by atoms with Gasteiger partial charge in [-0.2, -0.15) is 5.10 Å². The van der Waals surface area contributed by atoms with Crippen LogP contribution >= 0.6 is 0 Å². The lowest BCUT2D eigenvalue weighted by Crippen LogP contribution is -2.17. The van der Waals surface area contributed by atoms with Crippen LogP contribution in [0, 0.1) is 0 Å². The van der Waals surface area contributed by atoms with Gasteiger partial charge < -0.3 is 5.32 Å². The van der Waals surface area contributed by atoms with Crippen LogP contribution in [0.15, 0.2) is 71.8 Å². The zero-order valence-electron chi connectivity index (χ0n) is 13.7. The Morgan fingerprint density at radius 3 is 2.36 bits per heavy atom. The van der Waals surface area contributed by atoms with Crippen LogP contribution < -0.4 is 10.7 Å². The molecule has 0 aliphatic carbocycles. The molecule has 0 radical (unpaired) electrons. The van der Waals surface area contributed by atoms with Gasteiger partial charge in [0.2, 0.25) is 5.91 Å². The number of fused-ring (bicyclic) bond motifs is 1. The summed E-state index contributed by atoms with van der Waals surface area (Å²) in [5.74, 6) is -0.469. The van der Waals surface area contributed by atoms with Crippen molar-refractivity contribution in [3.05, 3.63) is 77.9 Å². The van der Waals surface area contributed by atoms with Crippen molar-refractivity contribution in [2.45, 2.75) is 6.92 Å². The van der Waals surface area contributed by atoms with Crippen molar-refractivity contribution in [3.63, 3.8) is 0 Å². The Balaban J connectivity index is 1.64. The van der Waals surface area contributed by atoms with E-state index >= 15 is 0 Å². The fourth-order valence-corrected chi connectivity index (χ4v) is 2.43. The van der Waals surface area contributed by atoms with E-state index in [4.69, 9.17) is 0 Å². The number of hydrogen-bond acceptors (Lipinski definition) is 3. The van der Waals surface area contributed by atoms with Gasteiger partial charge in [0, 0.05) is 18.2 Å². The first-order valence-electron chi connectivity index (χ1n) is 7.82. The molecule has 0 bridgehead atoms. The summed E-state index contributed by atoms with van der Waals surface area (Å²) >= 11 is 0. The van der Waals surface area contributed by atoms with Crippen molar-refractivity contribution in [1.29, 1.82) is 0 Å². The van der Waals surface area contributed by atoms with Gasteiger partial charge in [-0.1, -0.05) is 36.4 Å². The number of rotatable bonds is 4. The summed E-state index contributed by atoms with van der Waals surface area (Å²) in [5, 5.41) is 8.92. The SMILES string of the molecule is CC(=O)Nc1ccc(C(=O)NN=Cc2ccc3ccccc3c2)cc1. The molecule has 0 unspecified atom stereocenters. The van der Waals surface area contributed by atoms with Crippen LogP contribution in [0.4, 0.5) is 5.69 Å². The highest BCUT2D eigenvalue weighted by Gasteiger charge is 2.04. The van der Waals surface area contributed by atoms with Crippen molar-refractivity contribution in [2.75, 3.05) is 5.32 Å². The van der Waals surface area contributed by atoms with E-state index in [-0.39, 0.29) is 11.8 Å². The monoisotopic (exact) mass is 331 g/mol. The second-order valence-electron chi connectivity index (χ2n) is 5.56. The van der Waals surface area contributed by atoms with E-state index in [9.17, 15) is 9.59 Å². The maximum atomic E-state index is 12.1. The summed E-state index contributed by atoms with van der Waals surface area (Å²) < 4.78 is 0. The van der Waals surface area contributed by atoms with Crippen LogP contribution in [-0.2, 0) is 4.79 Å². The minimum Gasteiger partial charge on any atom is -0.326 e. The Kier molecular flexibility index (Phi) is 4.85. The number of anilines is 1. The molecule has 25 heavy (non-hydrogen) atoms. The standard InChI is InChI=1S/C20H17N3O2/c1-14(24)22-19-10-8-17(9-11-19)20(25)23-21-13-15-6-7-16-4-2-3-5-18(16)12-15/h2-13H,1H3,(H,22,24)(H,23,25). The molecule has 124 valence electrons. The summed E-state index contributed by atoms with van der Waals surface area (Å²) in [7, 11) is 0. The maximum Gasteiger partial charge on any atom is 0.271 e. The molecule has 2 amide bonds. The topological polar surface area (TPSA) is 70.6 Å². The predicted octanol–water partition coefficient (Wildman–Crippen LogP) is 3.56. The fraction of sp³-hybridized carbons (Fsp3) is 0.0500. The average molecular weight is 331 g/mol. The van der Waals surface area contributed by atoms with Crippen LogP contribution in [-0.4, -0.2) is 18.0 Å². The van der Waals surface area contributed by atoms with Crippen LogP contribution in [0.25, 0.3) is 10.8 Å². The molecule has 2 N–H and O–H groups in total. The van der Waals surface area contributed by atoms with E-state index in [0.29, 0.717) is 11.3 Å². The first-order valence-corrected chi connectivity index (χ1v) is 7.82. The third kappa shape index (κ3) is 4.29. The summed E-state index contributed by atoms with van der Waals surface area (Å²) in [4.78, 5) is 23.0. The van der Waals surface area contributed by atoms with Crippen LogP contribution in [0.3, 0.4) is 0 Å². The van der Waals surface area contributed by atoms with Gasteiger partial charge in [-0.3, -0.25) is 9.59 Å². The van der Waals surface area contributed by atoms with E-state index in [1.54, 1.807) is 30.5 Å². The van der Waals surface area contributed by atoms with Crippen molar-refractivity contribution < 1.29 is 9.59 Å². The minimum atomic E-state index is -0.314. The number of hydrogen-bond donors (Lipinski definition) is 2. The van der Waals surface area contributed by atoms with Gasteiger partial charge in [-0.05, 0) is 46.7 Å². The minimum absolute atomic E-state index is 0.155. The molecule has 0 saturated heterocycles. The first-order chi connectivity index (χ1) is 12.1. The highest BCUT2D eigenvalue weighted by molar-refractivity contribution is 5.96. The van der Waals surface area contributed by atoms with Gasteiger partial charge in [0.25, 0.3) is 5.91 Å². The van der Waals surface area contributed by atoms with Gasteiger partial charge in [0.05, 0.1) is 6.21 Å². The number of carbonyl (C=O) groups excluding carboxylic acids is 2. The third-order valence-corrected chi connectivity index (χ3v) is 3.62. The normalized spacial score (nSPS) is 10.8. The lowest BCUT2D eigenvalue weighted by molar-refractivity contribution is -0.114. The largest absolute Gasteiger partial charge is 0.326 e. The summed E-state index contributed by atoms with van der Waals surface area (Å²) in [6.07, 6.45) is 1.61. The number of benzene rings is 3. The molecular weight excluding hydrogens is 314 g/mol. The highest BCUT2D eigenvalue weighted by Crippen LogP contribution is 2.14. The van der Waals surface area contributed by atoms with Gasteiger partial charge in [0.1, 0.15) is 0 Å². The smallest absolute Gasteiger partial charge is 0.271 e. The summed E-state index contributed by atoms with van der Waals surface area (Å²) in [6.45, 7) is 1.43. The Bertz CT molecular complexity index is 947. The fourth-order valence-electron chi connectivity index (χ4n) is 2.43.